The number of aromatic carboxylic acids is 1. The van der Waals surface area contributed by atoms with Crippen LogP contribution in [0, 0.1) is 19.8 Å². The molecule has 0 radical (unpaired) electrons. The Morgan fingerprint density at radius 2 is 1.85 bits per heavy atom. The molecule has 1 unspecified atom stereocenters. The van der Waals surface area contributed by atoms with Gasteiger partial charge in [0.1, 0.15) is 0 Å². The molecule has 0 fully saturated rings. The predicted molar refractivity (Wildman–Crippen MR) is 79.0 cm³/mol. The first-order chi connectivity index (χ1) is 9.19. The van der Waals surface area contributed by atoms with Crippen LogP contribution in [-0.4, -0.2) is 25.2 Å². The molecule has 0 aliphatic carbocycles. The fourth-order valence-electron chi connectivity index (χ4n) is 2.44. The van der Waals surface area contributed by atoms with E-state index in [9.17, 15) is 13.2 Å². The van der Waals surface area contributed by atoms with Crippen LogP contribution in [0.25, 0.3) is 0 Å². The first-order valence-electron chi connectivity index (χ1n) is 6.76. The molecule has 0 aromatic heterocycles. The normalized spacial score (nSPS) is 13.2. The van der Waals surface area contributed by atoms with Crippen molar-refractivity contribution in [3.63, 3.8) is 0 Å². The van der Waals surface area contributed by atoms with Crippen molar-refractivity contribution in [2.24, 2.45) is 5.92 Å². The Morgan fingerprint density at radius 1 is 1.25 bits per heavy atom. The Bertz CT molecular complexity index is 603. The number of hydrogen-bond acceptors (Lipinski definition) is 3. The molecule has 0 bridgehead atoms. The molecule has 1 aromatic rings. The van der Waals surface area contributed by atoms with E-state index in [1.165, 1.54) is 6.07 Å². The van der Waals surface area contributed by atoms with Crippen LogP contribution in [0.3, 0.4) is 0 Å². The number of sulfone groups is 1. The molecule has 1 atom stereocenters. The quantitative estimate of drug-likeness (QED) is 0.875. The summed E-state index contributed by atoms with van der Waals surface area (Å²) in [7, 11) is -3.45. The number of carboxylic acid groups (broad SMARTS) is 1. The van der Waals surface area contributed by atoms with Gasteiger partial charge < -0.3 is 5.11 Å². The number of carboxylic acids is 1. The molecular weight excluding hydrogens is 276 g/mol. The zero-order chi connectivity index (χ0) is 15.5. The summed E-state index contributed by atoms with van der Waals surface area (Å²) in [4.78, 5) is 11.3. The van der Waals surface area contributed by atoms with Gasteiger partial charge in [0.15, 0.2) is 9.84 Å². The second-order valence-corrected chi connectivity index (χ2v) is 7.42. The Labute approximate surface area is 120 Å². The molecule has 5 heteroatoms. The van der Waals surface area contributed by atoms with Gasteiger partial charge in [-0.1, -0.05) is 26.3 Å². The lowest BCUT2D eigenvalue weighted by Gasteiger charge is -2.14. The average molecular weight is 298 g/mol. The molecule has 0 saturated heterocycles. The van der Waals surface area contributed by atoms with Crippen LogP contribution in [0.2, 0.25) is 0 Å². The van der Waals surface area contributed by atoms with Crippen molar-refractivity contribution in [1.29, 1.82) is 0 Å². The van der Waals surface area contributed by atoms with Gasteiger partial charge in [0.25, 0.3) is 0 Å². The van der Waals surface area contributed by atoms with E-state index in [1.807, 2.05) is 13.8 Å². The van der Waals surface area contributed by atoms with Crippen molar-refractivity contribution in [2.75, 3.05) is 5.75 Å². The lowest BCUT2D eigenvalue weighted by molar-refractivity contribution is 0.0696. The number of aryl methyl sites for hydroxylation is 2. The minimum atomic E-state index is -3.45. The predicted octanol–water partition coefficient (Wildman–Crippen LogP) is 3.21. The van der Waals surface area contributed by atoms with Crippen LogP contribution in [-0.2, 0) is 9.84 Å². The van der Waals surface area contributed by atoms with E-state index in [4.69, 9.17) is 5.11 Å². The highest BCUT2D eigenvalue weighted by atomic mass is 32.2. The summed E-state index contributed by atoms with van der Waals surface area (Å²) in [5, 5.41) is 9.12. The highest BCUT2D eigenvalue weighted by Crippen LogP contribution is 2.24. The molecule has 20 heavy (non-hydrogen) atoms. The third-order valence-corrected chi connectivity index (χ3v) is 5.49. The van der Waals surface area contributed by atoms with Crippen LogP contribution in [0.4, 0.5) is 0 Å². The molecule has 0 amide bonds. The molecule has 1 N–H and O–H groups in total. The summed E-state index contributed by atoms with van der Waals surface area (Å²) in [6.45, 7) is 7.30. The molecule has 1 aromatic carbocycles. The summed E-state index contributed by atoms with van der Waals surface area (Å²) in [5.74, 6) is -0.969. The van der Waals surface area contributed by atoms with Gasteiger partial charge >= 0.3 is 5.97 Å². The second kappa shape index (κ2) is 6.39. The van der Waals surface area contributed by atoms with E-state index in [0.717, 1.165) is 12.8 Å². The van der Waals surface area contributed by atoms with Crippen molar-refractivity contribution >= 4 is 15.8 Å². The maximum atomic E-state index is 12.4. The summed E-state index contributed by atoms with van der Waals surface area (Å²) in [5.41, 5.74) is 1.24. The van der Waals surface area contributed by atoms with Crippen LogP contribution >= 0.6 is 0 Å². The standard InChI is InChI=1S/C15H22O4S/c1-5-6-10(2)9-20(18,19)14-8-13(15(16)17)11(3)7-12(14)4/h7-8,10H,5-6,9H2,1-4H3,(H,16,17). The molecule has 0 saturated carbocycles. The summed E-state index contributed by atoms with van der Waals surface area (Å²) in [6, 6.07) is 2.92. The van der Waals surface area contributed by atoms with Gasteiger partial charge in [-0.15, -0.1) is 0 Å². The maximum absolute atomic E-state index is 12.4. The smallest absolute Gasteiger partial charge is 0.335 e. The fourth-order valence-corrected chi connectivity index (χ4v) is 4.38. The van der Waals surface area contributed by atoms with Gasteiger partial charge in [-0.25, -0.2) is 13.2 Å². The molecule has 0 heterocycles. The highest BCUT2D eigenvalue weighted by Gasteiger charge is 2.22. The first kappa shape index (κ1) is 16.7. The molecule has 0 aliphatic heterocycles. The van der Waals surface area contributed by atoms with Gasteiger partial charge in [0, 0.05) is 0 Å². The van der Waals surface area contributed by atoms with Crippen molar-refractivity contribution in [3.05, 3.63) is 28.8 Å². The molecule has 1 rings (SSSR count). The van der Waals surface area contributed by atoms with E-state index in [1.54, 1.807) is 19.9 Å². The van der Waals surface area contributed by atoms with Gasteiger partial charge in [0.2, 0.25) is 0 Å². The molecule has 112 valence electrons. The summed E-state index contributed by atoms with van der Waals surface area (Å²) in [6.07, 6.45) is 1.78. The Balaban J connectivity index is 3.24. The van der Waals surface area contributed by atoms with Crippen LogP contribution < -0.4 is 0 Å². The highest BCUT2D eigenvalue weighted by molar-refractivity contribution is 7.91. The number of rotatable bonds is 6. The second-order valence-electron chi connectivity index (χ2n) is 5.41. The first-order valence-corrected chi connectivity index (χ1v) is 8.41. The van der Waals surface area contributed by atoms with E-state index < -0.39 is 15.8 Å². The molecule has 0 spiro atoms. The Morgan fingerprint density at radius 3 is 2.35 bits per heavy atom. The third-order valence-electron chi connectivity index (χ3n) is 3.37. The van der Waals surface area contributed by atoms with Gasteiger partial charge in [-0.3, -0.25) is 0 Å². The number of carbonyl (C=O) groups is 1. The molecule has 0 aliphatic rings. The van der Waals surface area contributed by atoms with Crippen LogP contribution in [0.1, 0.15) is 48.2 Å². The van der Waals surface area contributed by atoms with Crippen LogP contribution in [0.15, 0.2) is 17.0 Å². The lowest BCUT2D eigenvalue weighted by Crippen LogP contribution is -2.16. The monoisotopic (exact) mass is 298 g/mol. The van der Waals surface area contributed by atoms with Gasteiger partial charge in [0.05, 0.1) is 16.2 Å². The zero-order valence-corrected chi connectivity index (χ0v) is 13.3. The van der Waals surface area contributed by atoms with Crippen molar-refractivity contribution in [3.8, 4) is 0 Å². The SMILES string of the molecule is CCCC(C)CS(=O)(=O)c1cc(C(=O)O)c(C)cc1C. The Hall–Kier alpha value is -1.36. The molecule has 4 nitrogen and oxygen atoms in total. The number of benzene rings is 1. The lowest BCUT2D eigenvalue weighted by atomic mass is 10.1. The third kappa shape index (κ3) is 3.82. The largest absolute Gasteiger partial charge is 0.478 e. The van der Waals surface area contributed by atoms with E-state index in [0.29, 0.717) is 11.1 Å². The fraction of sp³-hybridized carbons (Fsp3) is 0.533. The summed E-state index contributed by atoms with van der Waals surface area (Å²) < 4.78 is 24.9. The zero-order valence-electron chi connectivity index (χ0n) is 12.4. The van der Waals surface area contributed by atoms with Gasteiger partial charge in [-0.05, 0) is 43.4 Å². The van der Waals surface area contributed by atoms with E-state index >= 15 is 0 Å². The van der Waals surface area contributed by atoms with E-state index in [-0.39, 0.29) is 22.1 Å². The summed E-state index contributed by atoms with van der Waals surface area (Å²) >= 11 is 0. The van der Waals surface area contributed by atoms with Crippen LogP contribution in [0.5, 0.6) is 0 Å². The van der Waals surface area contributed by atoms with Crippen molar-refractivity contribution in [2.45, 2.75) is 45.4 Å². The van der Waals surface area contributed by atoms with Gasteiger partial charge in [-0.2, -0.15) is 0 Å². The topological polar surface area (TPSA) is 71.4 Å². The maximum Gasteiger partial charge on any atom is 0.335 e. The van der Waals surface area contributed by atoms with Crippen molar-refractivity contribution < 1.29 is 18.3 Å². The average Bonchev–Trinajstić information content (AvgIpc) is 2.27. The Kier molecular flexibility index (Phi) is 5.34. The number of hydrogen-bond donors (Lipinski definition) is 1. The van der Waals surface area contributed by atoms with E-state index in [2.05, 4.69) is 0 Å². The minimum absolute atomic E-state index is 0.0531. The van der Waals surface area contributed by atoms with Crippen molar-refractivity contribution in [1.82, 2.24) is 0 Å². The minimum Gasteiger partial charge on any atom is -0.478 e. The molecular formula is C15H22O4S.